The van der Waals surface area contributed by atoms with Gasteiger partial charge in [0.05, 0.1) is 18.2 Å². The van der Waals surface area contributed by atoms with Crippen LogP contribution >= 0.6 is 0 Å². The first-order valence-electron chi connectivity index (χ1n) is 7.32. The van der Waals surface area contributed by atoms with Crippen LogP contribution in [0.1, 0.15) is 42.8 Å². The van der Waals surface area contributed by atoms with Gasteiger partial charge in [0, 0.05) is 13.2 Å². The van der Waals surface area contributed by atoms with Gasteiger partial charge in [-0.3, -0.25) is 4.98 Å². The van der Waals surface area contributed by atoms with Crippen molar-refractivity contribution in [1.29, 1.82) is 0 Å². The summed E-state index contributed by atoms with van der Waals surface area (Å²) in [5.74, 6) is 1.40. The van der Waals surface area contributed by atoms with Crippen LogP contribution in [0.25, 0.3) is 0 Å². The Morgan fingerprint density at radius 1 is 1.33 bits per heavy atom. The van der Waals surface area contributed by atoms with E-state index in [9.17, 15) is 0 Å². The van der Waals surface area contributed by atoms with Gasteiger partial charge in [0.1, 0.15) is 5.82 Å². The molecule has 6 nitrogen and oxygen atoms in total. The van der Waals surface area contributed by atoms with Crippen LogP contribution in [0.2, 0.25) is 0 Å². The lowest BCUT2D eigenvalue weighted by Gasteiger charge is -2.12. The van der Waals surface area contributed by atoms with Gasteiger partial charge in [0.15, 0.2) is 0 Å². The summed E-state index contributed by atoms with van der Waals surface area (Å²) < 4.78 is 5.56. The zero-order chi connectivity index (χ0) is 14.7. The van der Waals surface area contributed by atoms with Gasteiger partial charge >= 0.3 is 6.01 Å². The minimum atomic E-state index is 0.125. The third-order valence-electron chi connectivity index (χ3n) is 3.56. The van der Waals surface area contributed by atoms with E-state index in [2.05, 4.69) is 38.2 Å². The van der Waals surface area contributed by atoms with Crippen molar-refractivity contribution >= 4 is 5.95 Å². The fraction of sp³-hybridized carbons (Fsp3) is 0.467. The summed E-state index contributed by atoms with van der Waals surface area (Å²) in [4.78, 5) is 17.7. The molecule has 2 heterocycles. The summed E-state index contributed by atoms with van der Waals surface area (Å²) in [5.41, 5.74) is 2.36. The maximum Gasteiger partial charge on any atom is 0.321 e. The lowest BCUT2D eigenvalue weighted by atomic mass is 10.1. The molecule has 110 valence electrons. The van der Waals surface area contributed by atoms with Gasteiger partial charge in [0.2, 0.25) is 5.95 Å². The van der Waals surface area contributed by atoms with E-state index in [4.69, 9.17) is 4.74 Å². The zero-order valence-electron chi connectivity index (χ0n) is 12.3. The summed E-state index contributed by atoms with van der Waals surface area (Å²) in [6, 6.07) is 4.48. The number of ether oxygens (including phenoxy) is 1. The molecule has 2 aromatic heterocycles. The molecule has 6 heteroatoms. The predicted molar refractivity (Wildman–Crippen MR) is 79.6 cm³/mol. The van der Waals surface area contributed by atoms with Crippen molar-refractivity contribution in [2.24, 2.45) is 0 Å². The van der Waals surface area contributed by atoms with E-state index in [0.717, 1.165) is 30.8 Å². The number of rotatable bonds is 5. The first-order chi connectivity index (χ1) is 10.3. The Morgan fingerprint density at radius 3 is 3.05 bits per heavy atom. The molecule has 0 aromatic carbocycles. The summed E-state index contributed by atoms with van der Waals surface area (Å²) in [7, 11) is 1.80. The van der Waals surface area contributed by atoms with Crippen molar-refractivity contribution in [3.63, 3.8) is 0 Å². The quantitative estimate of drug-likeness (QED) is 0.907. The standard InChI is InChI=1S/C15H19N5O/c1-3-9-21-15-19-13(18-14(16-2)20-15)11-7-6-10-5-4-8-17-12(10)11/h4-5,8,11H,3,6-7,9H2,1-2H3,(H,16,18,19,20). The molecule has 0 amide bonds. The lowest BCUT2D eigenvalue weighted by molar-refractivity contribution is 0.290. The van der Waals surface area contributed by atoms with Crippen molar-refractivity contribution < 1.29 is 4.74 Å². The number of hydrogen-bond acceptors (Lipinski definition) is 6. The van der Waals surface area contributed by atoms with Gasteiger partial charge in [-0.2, -0.15) is 15.0 Å². The van der Waals surface area contributed by atoms with Crippen LogP contribution in [0.5, 0.6) is 6.01 Å². The number of pyridine rings is 1. The summed E-state index contributed by atoms with van der Waals surface area (Å²) in [6.07, 6.45) is 4.74. The van der Waals surface area contributed by atoms with Crippen molar-refractivity contribution in [3.05, 3.63) is 35.4 Å². The fourth-order valence-electron chi connectivity index (χ4n) is 2.56. The SMILES string of the molecule is CCCOc1nc(NC)nc(C2CCc3cccnc32)n1. The van der Waals surface area contributed by atoms with Gasteiger partial charge in [0.25, 0.3) is 0 Å². The van der Waals surface area contributed by atoms with Crippen LogP contribution in [0.3, 0.4) is 0 Å². The van der Waals surface area contributed by atoms with Gasteiger partial charge < -0.3 is 10.1 Å². The van der Waals surface area contributed by atoms with Gasteiger partial charge in [-0.15, -0.1) is 0 Å². The Bertz CT molecular complexity index is 631. The molecule has 0 spiro atoms. The number of fused-ring (bicyclic) bond motifs is 1. The largest absolute Gasteiger partial charge is 0.463 e. The van der Waals surface area contributed by atoms with Gasteiger partial charge in [-0.25, -0.2) is 0 Å². The second-order valence-corrected chi connectivity index (χ2v) is 5.04. The second-order valence-electron chi connectivity index (χ2n) is 5.04. The highest BCUT2D eigenvalue weighted by Gasteiger charge is 2.28. The number of aromatic nitrogens is 4. The van der Waals surface area contributed by atoms with Gasteiger partial charge in [-0.05, 0) is 30.9 Å². The molecule has 21 heavy (non-hydrogen) atoms. The number of nitrogens with one attached hydrogen (secondary N) is 1. The van der Waals surface area contributed by atoms with Crippen molar-refractivity contribution in [1.82, 2.24) is 19.9 Å². The maximum atomic E-state index is 5.56. The fourth-order valence-corrected chi connectivity index (χ4v) is 2.56. The normalized spacial score (nSPS) is 16.6. The maximum absolute atomic E-state index is 5.56. The van der Waals surface area contributed by atoms with Crippen LogP contribution in [-0.4, -0.2) is 33.6 Å². The number of anilines is 1. The molecule has 1 aliphatic carbocycles. The third kappa shape index (κ3) is 2.79. The Hall–Kier alpha value is -2.24. The molecule has 2 aromatic rings. The predicted octanol–water partition coefficient (Wildman–Crippen LogP) is 2.18. The third-order valence-corrected chi connectivity index (χ3v) is 3.56. The summed E-state index contributed by atoms with van der Waals surface area (Å²) >= 11 is 0. The average Bonchev–Trinajstić information content (AvgIpc) is 2.96. The molecule has 1 atom stereocenters. The highest BCUT2D eigenvalue weighted by molar-refractivity contribution is 5.35. The first-order valence-corrected chi connectivity index (χ1v) is 7.32. The van der Waals surface area contributed by atoms with Crippen LogP contribution < -0.4 is 10.1 Å². The molecule has 3 rings (SSSR count). The molecule has 0 saturated carbocycles. The Kier molecular flexibility index (Phi) is 3.94. The highest BCUT2D eigenvalue weighted by Crippen LogP contribution is 2.35. The molecule has 0 bridgehead atoms. The lowest BCUT2D eigenvalue weighted by Crippen LogP contribution is -2.11. The Balaban J connectivity index is 1.95. The van der Waals surface area contributed by atoms with E-state index in [1.807, 2.05) is 12.3 Å². The van der Waals surface area contributed by atoms with E-state index >= 15 is 0 Å². The van der Waals surface area contributed by atoms with Crippen LogP contribution in [0, 0.1) is 0 Å². The van der Waals surface area contributed by atoms with Crippen LogP contribution in [0.15, 0.2) is 18.3 Å². The highest BCUT2D eigenvalue weighted by atomic mass is 16.5. The second kappa shape index (κ2) is 6.03. The number of hydrogen-bond donors (Lipinski definition) is 1. The molecule has 1 unspecified atom stereocenters. The topological polar surface area (TPSA) is 72.8 Å². The van der Waals surface area contributed by atoms with E-state index in [1.54, 1.807) is 7.05 Å². The van der Waals surface area contributed by atoms with Crippen molar-refractivity contribution in [2.45, 2.75) is 32.1 Å². The number of nitrogens with zero attached hydrogens (tertiary/aromatic N) is 4. The van der Waals surface area contributed by atoms with Crippen LogP contribution in [0.4, 0.5) is 5.95 Å². The Morgan fingerprint density at radius 2 is 2.24 bits per heavy atom. The monoisotopic (exact) mass is 285 g/mol. The molecule has 1 aliphatic rings. The molecular weight excluding hydrogens is 266 g/mol. The van der Waals surface area contributed by atoms with E-state index < -0.39 is 0 Å². The summed E-state index contributed by atoms with van der Waals surface area (Å²) in [6.45, 7) is 2.66. The zero-order valence-corrected chi connectivity index (χ0v) is 12.3. The molecule has 0 aliphatic heterocycles. The first kappa shape index (κ1) is 13.7. The smallest absolute Gasteiger partial charge is 0.321 e. The average molecular weight is 285 g/mol. The number of aryl methyl sites for hydroxylation is 1. The molecule has 0 fully saturated rings. The van der Waals surface area contributed by atoms with Gasteiger partial charge in [-0.1, -0.05) is 13.0 Å². The Labute approximate surface area is 124 Å². The molecule has 0 radical (unpaired) electrons. The summed E-state index contributed by atoms with van der Waals surface area (Å²) in [5, 5.41) is 2.97. The van der Waals surface area contributed by atoms with E-state index in [0.29, 0.717) is 18.6 Å². The minimum absolute atomic E-state index is 0.125. The molecular formula is C15H19N5O. The minimum Gasteiger partial charge on any atom is -0.463 e. The van der Waals surface area contributed by atoms with Crippen molar-refractivity contribution in [2.75, 3.05) is 19.0 Å². The molecule has 0 saturated heterocycles. The van der Waals surface area contributed by atoms with Crippen LogP contribution in [-0.2, 0) is 6.42 Å². The van der Waals surface area contributed by atoms with E-state index in [1.165, 1.54) is 5.56 Å². The molecule has 1 N–H and O–H groups in total. The van der Waals surface area contributed by atoms with Crippen molar-refractivity contribution in [3.8, 4) is 6.01 Å². The van der Waals surface area contributed by atoms with E-state index in [-0.39, 0.29) is 5.92 Å².